The quantitative estimate of drug-likeness (QED) is 0.232. The number of hydrogen-bond acceptors (Lipinski definition) is 8. The first kappa shape index (κ1) is 23.2. The summed E-state index contributed by atoms with van der Waals surface area (Å²) in [5.74, 6) is 0.0452. The second-order valence-corrected chi connectivity index (χ2v) is 8.25. The number of fused-ring (bicyclic) bond motifs is 1. The van der Waals surface area contributed by atoms with E-state index < -0.39 is 12.2 Å². The van der Waals surface area contributed by atoms with Gasteiger partial charge in [-0.05, 0) is 32.4 Å². The molecule has 0 aromatic heterocycles. The van der Waals surface area contributed by atoms with E-state index in [0.717, 1.165) is 25.1 Å². The minimum absolute atomic E-state index is 0.0369. The number of nitrogens with one attached hydrogen (secondary N) is 5. The predicted octanol–water partition coefficient (Wildman–Crippen LogP) is -0.977. The van der Waals surface area contributed by atoms with E-state index in [4.69, 9.17) is 23.1 Å². The summed E-state index contributed by atoms with van der Waals surface area (Å²) < 4.78 is 0. The highest BCUT2D eigenvalue weighted by atomic mass is 35.5. The summed E-state index contributed by atoms with van der Waals surface area (Å²) in [5, 5.41) is 15.1. The molecule has 9 N–H and O–H groups in total. The van der Waals surface area contributed by atoms with Gasteiger partial charge in [-0.15, -0.1) is 0 Å². The SMILES string of the molecule is CCNC(=O)CCC1=CC=C2NC(CNC(=O)C3NC(Cl)=C(N)NC3N)N(CC)C2C1. The number of nitrogens with zero attached hydrogens (tertiary/aromatic N) is 1. The summed E-state index contributed by atoms with van der Waals surface area (Å²) in [4.78, 5) is 26.8. The molecule has 1 aliphatic carbocycles. The lowest BCUT2D eigenvalue weighted by molar-refractivity contribution is -0.124. The lowest BCUT2D eigenvalue weighted by atomic mass is 9.94. The Kier molecular flexibility index (Phi) is 7.69. The standard InChI is InChI=1S/C20H33ClN8O2/c1-3-24-15(30)8-6-11-5-7-12-13(9-11)29(4-2)14(26-12)10-25-20(31)16-18(22)28-19(23)17(21)27-16/h5,7,13-14,16,18,26-28H,3-4,6,8-10,22-23H2,1-2H3,(H,24,30)(H,25,31). The summed E-state index contributed by atoms with van der Waals surface area (Å²) in [6, 6.07) is -0.504. The number of nitrogens with two attached hydrogens (primary N) is 2. The third-order valence-electron chi connectivity index (χ3n) is 5.81. The fourth-order valence-corrected chi connectivity index (χ4v) is 4.37. The lowest BCUT2D eigenvalue weighted by Crippen LogP contribution is -2.64. The minimum Gasteiger partial charge on any atom is -0.383 e. The van der Waals surface area contributed by atoms with Crippen LogP contribution in [0.25, 0.3) is 0 Å². The van der Waals surface area contributed by atoms with Crippen LogP contribution in [-0.4, -0.2) is 60.8 Å². The van der Waals surface area contributed by atoms with Gasteiger partial charge in [-0.25, -0.2) is 0 Å². The Labute approximate surface area is 187 Å². The van der Waals surface area contributed by atoms with Gasteiger partial charge in [-0.3, -0.25) is 14.5 Å². The number of allylic oxidation sites excluding steroid dienone is 2. The first-order valence-electron chi connectivity index (χ1n) is 10.7. The molecule has 4 unspecified atom stereocenters. The Morgan fingerprint density at radius 3 is 2.71 bits per heavy atom. The van der Waals surface area contributed by atoms with Gasteiger partial charge >= 0.3 is 0 Å². The summed E-state index contributed by atoms with van der Waals surface area (Å²) in [5.41, 5.74) is 14.0. The highest BCUT2D eigenvalue weighted by Gasteiger charge is 2.38. The van der Waals surface area contributed by atoms with E-state index in [2.05, 4.69) is 50.6 Å². The highest BCUT2D eigenvalue weighted by molar-refractivity contribution is 6.29. The zero-order valence-electron chi connectivity index (χ0n) is 18.0. The van der Waals surface area contributed by atoms with Gasteiger partial charge in [0.25, 0.3) is 0 Å². The van der Waals surface area contributed by atoms with E-state index in [1.807, 2.05) is 6.92 Å². The number of carbonyl (C=O) groups excluding carboxylic acids is 2. The second-order valence-electron chi connectivity index (χ2n) is 7.88. The van der Waals surface area contributed by atoms with Gasteiger partial charge in [0.2, 0.25) is 11.8 Å². The largest absolute Gasteiger partial charge is 0.383 e. The summed E-state index contributed by atoms with van der Waals surface area (Å²) in [6.45, 7) is 5.91. The van der Waals surface area contributed by atoms with Gasteiger partial charge in [0, 0.05) is 18.7 Å². The van der Waals surface area contributed by atoms with Crippen molar-refractivity contribution >= 4 is 23.4 Å². The predicted molar refractivity (Wildman–Crippen MR) is 120 cm³/mol. The zero-order valence-corrected chi connectivity index (χ0v) is 18.8. The fourth-order valence-electron chi connectivity index (χ4n) is 4.20. The Balaban J connectivity index is 1.54. The first-order valence-corrected chi connectivity index (χ1v) is 11.1. The van der Waals surface area contributed by atoms with Gasteiger partial charge in [0.05, 0.1) is 18.8 Å². The third-order valence-corrected chi connectivity index (χ3v) is 6.12. The maximum absolute atomic E-state index is 12.7. The topological polar surface area (TPSA) is 150 Å². The molecule has 0 aromatic carbocycles. The molecule has 2 heterocycles. The van der Waals surface area contributed by atoms with E-state index in [1.54, 1.807) is 0 Å². The molecule has 0 radical (unpaired) electrons. The number of hydrogen-bond donors (Lipinski definition) is 7. The Bertz CT molecular complexity index is 796. The molecule has 172 valence electrons. The molecule has 3 aliphatic rings. The number of halogens is 1. The highest BCUT2D eigenvalue weighted by Crippen LogP contribution is 2.30. The third kappa shape index (κ3) is 5.44. The van der Waals surface area contributed by atoms with Crippen LogP contribution in [0.1, 0.15) is 33.1 Å². The van der Waals surface area contributed by atoms with Crippen LogP contribution < -0.4 is 38.1 Å². The molecule has 11 heteroatoms. The molecule has 10 nitrogen and oxygen atoms in total. The van der Waals surface area contributed by atoms with Crippen molar-refractivity contribution in [3.05, 3.63) is 34.4 Å². The Hall–Kier alpha value is -2.43. The van der Waals surface area contributed by atoms with Gasteiger partial charge in [0.15, 0.2) is 0 Å². The normalized spacial score (nSPS) is 27.9. The van der Waals surface area contributed by atoms with E-state index in [-0.39, 0.29) is 35.0 Å². The molecule has 0 aromatic rings. The van der Waals surface area contributed by atoms with Gasteiger partial charge < -0.3 is 38.1 Å². The molecular weight excluding hydrogens is 420 g/mol. The van der Waals surface area contributed by atoms with Gasteiger partial charge in [0.1, 0.15) is 23.2 Å². The zero-order chi connectivity index (χ0) is 22.5. The maximum atomic E-state index is 12.7. The smallest absolute Gasteiger partial charge is 0.246 e. The van der Waals surface area contributed by atoms with Crippen LogP contribution in [0.4, 0.5) is 0 Å². The van der Waals surface area contributed by atoms with Gasteiger partial charge in [-0.2, -0.15) is 0 Å². The molecule has 31 heavy (non-hydrogen) atoms. The molecule has 3 rings (SSSR count). The van der Waals surface area contributed by atoms with E-state index >= 15 is 0 Å². The van der Waals surface area contributed by atoms with E-state index in [1.165, 1.54) is 5.57 Å². The van der Waals surface area contributed by atoms with Crippen LogP contribution in [-0.2, 0) is 9.59 Å². The second kappa shape index (κ2) is 10.3. The molecule has 2 aliphatic heterocycles. The first-order chi connectivity index (χ1) is 14.8. The van der Waals surface area contributed by atoms with Gasteiger partial charge in [-0.1, -0.05) is 30.2 Å². The maximum Gasteiger partial charge on any atom is 0.246 e. The van der Waals surface area contributed by atoms with Crippen LogP contribution in [0, 0.1) is 0 Å². The average molecular weight is 453 g/mol. The lowest BCUT2D eigenvalue weighted by Gasteiger charge is -2.32. The van der Waals surface area contributed by atoms with Crippen molar-refractivity contribution in [2.24, 2.45) is 11.5 Å². The summed E-state index contributed by atoms with van der Waals surface area (Å²) in [6.07, 6.45) is 5.59. The number of carbonyl (C=O) groups is 2. The van der Waals surface area contributed by atoms with Crippen LogP contribution in [0.2, 0.25) is 0 Å². The van der Waals surface area contributed by atoms with Crippen molar-refractivity contribution in [3.63, 3.8) is 0 Å². The number of likely N-dealkylation sites (N-methyl/N-ethyl adjacent to an activating group) is 1. The van der Waals surface area contributed by atoms with Crippen molar-refractivity contribution in [2.75, 3.05) is 19.6 Å². The van der Waals surface area contributed by atoms with E-state index in [9.17, 15) is 9.59 Å². The molecular formula is C20H33ClN8O2. The number of amides is 2. The van der Waals surface area contributed by atoms with Crippen LogP contribution >= 0.6 is 11.6 Å². The van der Waals surface area contributed by atoms with Crippen molar-refractivity contribution in [1.29, 1.82) is 0 Å². The molecule has 2 amide bonds. The Morgan fingerprint density at radius 2 is 2.00 bits per heavy atom. The van der Waals surface area contributed by atoms with Crippen molar-refractivity contribution in [2.45, 2.75) is 57.5 Å². The van der Waals surface area contributed by atoms with Crippen LogP contribution in [0.5, 0.6) is 0 Å². The average Bonchev–Trinajstić information content (AvgIpc) is 3.10. The molecule has 0 saturated carbocycles. The fraction of sp³-hybridized carbons (Fsp3) is 0.600. The monoisotopic (exact) mass is 452 g/mol. The number of rotatable bonds is 8. The minimum atomic E-state index is -0.722. The summed E-state index contributed by atoms with van der Waals surface area (Å²) >= 11 is 5.99. The Morgan fingerprint density at radius 1 is 1.23 bits per heavy atom. The molecule has 4 atom stereocenters. The van der Waals surface area contributed by atoms with Crippen molar-refractivity contribution in [1.82, 2.24) is 31.5 Å². The summed E-state index contributed by atoms with van der Waals surface area (Å²) in [7, 11) is 0. The molecule has 1 fully saturated rings. The van der Waals surface area contributed by atoms with Crippen LogP contribution in [0.15, 0.2) is 34.4 Å². The van der Waals surface area contributed by atoms with Crippen LogP contribution in [0.3, 0.4) is 0 Å². The molecule has 0 bridgehead atoms. The van der Waals surface area contributed by atoms with E-state index in [0.29, 0.717) is 19.5 Å². The van der Waals surface area contributed by atoms with Crippen molar-refractivity contribution in [3.8, 4) is 0 Å². The molecule has 1 saturated heterocycles. The van der Waals surface area contributed by atoms with Crippen molar-refractivity contribution < 1.29 is 9.59 Å². The molecule has 0 spiro atoms.